The quantitative estimate of drug-likeness (QED) is 0.933. The van der Waals surface area contributed by atoms with Gasteiger partial charge in [-0.1, -0.05) is 23.7 Å². The van der Waals surface area contributed by atoms with Crippen LogP contribution < -0.4 is 0 Å². The van der Waals surface area contributed by atoms with Crippen molar-refractivity contribution < 1.29 is 13.9 Å². The van der Waals surface area contributed by atoms with E-state index in [1.54, 1.807) is 6.92 Å². The highest BCUT2D eigenvalue weighted by Gasteiger charge is 2.17. The molecule has 0 aliphatic rings. The number of halogens is 3. The first-order valence-corrected chi connectivity index (χ1v) is 5.68. The van der Waals surface area contributed by atoms with E-state index < -0.39 is 17.7 Å². The lowest BCUT2D eigenvalue weighted by Crippen LogP contribution is -2.13. The zero-order chi connectivity index (χ0) is 13.3. The topological polar surface area (TPSA) is 38.0 Å². The van der Waals surface area contributed by atoms with Gasteiger partial charge in [0, 0.05) is 5.56 Å². The van der Waals surface area contributed by atoms with Crippen LogP contribution in [0.2, 0.25) is 5.02 Å². The second kappa shape index (κ2) is 5.04. The van der Waals surface area contributed by atoms with E-state index in [9.17, 15) is 13.9 Å². The van der Waals surface area contributed by atoms with Crippen LogP contribution in [0.3, 0.4) is 0 Å². The van der Waals surface area contributed by atoms with E-state index in [0.29, 0.717) is 10.7 Å². The van der Waals surface area contributed by atoms with Crippen molar-refractivity contribution in [2.75, 3.05) is 0 Å². The molecule has 2 rings (SSSR count). The number of hydrogen-bond acceptors (Lipinski definition) is 2. The number of aromatic nitrogens is 2. The molecule has 3 nitrogen and oxygen atoms in total. The third-order valence-electron chi connectivity index (χ3n) is 2.73. The molecule has 1 aromatic heterocycles. The molecule has 1 heterocycles. The Morgan fingerprint density at radius 3 is 2.78 bits per heavy atom. The van der Waals surface area contributed by atoms with Crippen LogP contribution in [-0.4, -0.2) is 14.9 Å². The van der Waals surface area contributed by atoms with Gasteiger partial charge in [-0.3, -0.25) is 4.68 Å². The largest absolute Gasteiger partial charge is 0.386 e. The van der Waals surface area contributed by atoms with Crippen LogP contribution in [0.1, 0.15) is 17.4 Å². The molecule has 6 heteroatoms. The fraction of sp³-hybridized carbons (Fsp3) is 0.250. The van der Waals surface area contributed by atoms with Gasteiger partial charge in [0.1, 0.15) is 6.10 Å². The Hall–Kier alpha value is -1.46. The van der Waals surface area contributed by atoms with Crippen molar-refractivity contribution in [1.82, 2.24) is 9.78 Å². The molecule has 1 atom stereocenters. The molecule has 1 unspecified atom stereocenters. The van der Waals surface area contributed by atoms with Crippen LogP contribution in [-0.2, 0) is 6.54 Å². The van der Waals surface area contributed by atoms with Gasteiger partial charge < -0.3 is 5.11 Å². The van der Waals surface area contributed by atoms with Crippen molar-refractivity contribution in [3.8, 4) is 0 Å². The molecule has 0 fully saturated rings. The van der Waals surface area contributed by atoms with Crippen molar-refractivity contribution in [2.24, 2.45) is 0 Å². The normalized spacial score (nSPS) is 12.7. The molecule has 1 aromatic carbocycles. The highest BCUT2D eigenvalue weighted by atomic mass is 35.5. The summed E-state index contributed by atoms with van der Waals surface area (Å²) in [6.45, 7) is 1.74. The van der Waals surface area contributed by atoms with Gasteiger partial charge in [0.2, 0.25) is 0 Å². The monoisotopic (exact) mass is 272 g/mol. The molecule has 1 N–H and O–H groups in total. The summed E-state index contributed by atoms with van der Waals surface area (Å²) in [6, 6.07) is 3.69. The fourth-order valence-electron chi connectivity index (χ4n) is 1.65. The number of nitrogens with zero attached hydrogens (tertiary/aromatic N) is 2. The van der Waals surface area contributed by atoms with Crippen LogP contribution in [0, 0.1) is 18.6 Å². The third-order valence-corrected chi connectivity index (χ3v) is 3.10. The predicted octanol–water partition coefficient (Wildman–Crippen LogP) is 2.86. The lowest BCUT2D eigenvalue weighted by molar-refractivity contribution is 0.145. The summed E-state index contributed by atoms with van der Waals surface area (Å²) < 4.78 is 27.9. The predicted molar refractivity (Wildman–Crippen MR) is 63.3 cm³/mol. The number of hydrogen-bond donors (Lipinski definition) is 1. The van der Waals surface area contributed by atoms with E-state index in [4.69, 9.17) is 11.6 Å². The SMILES string of the molecule is Cc1c(Cl)cnn1CC(O)c1cccc(F)c1F. The first-order valence-electron chi connectivity index (χ1n) is 5.30. The molecule has 0 bridgehead atoms. The summed E-state index contributed by atoms with van der Waals surface area (Å²) in [5, 5.41) is 14.3. The summed E-state index contributed by atoms with van der Waals surface area (Å²) in [4.78, 5) is 0. The van der Waals surface area contributed by atoms with Gasteiger partial charge >= 0.3 is 0 Å². The minimum Gasteiger partial charge on any atom is -0.386 e. The zero-order valence-electron chi connectivity index (χ0n) is 9.57. The van der Waals surface area contributed by atoms with E-state index in [1.807, 2.05) is 0 Å². The Bertz CT molecular complexity index is 571. The fourth-order valence-corrected chi connectivity index (χ4v) is 1.79. The third kappa shape index (κ3) is 2.37. The molecule has 2 aromatic rings. The molecule has 0 saturated heterocycles. The number of rotatable bonds is 3. The van der Waals surface area contributed by atoms with Crippen LogP contribution in [0.25, 0.3) is 0 Å². The minimum absolute atomic E-state index is 0.0128. The molecule has 0 radical (unpaired) electrons. The summed E-state index contributed by atoms with van der Waals surface area (Å²) in [5.41, 5.74) is 0.563. The number of benzene rings is 1. The van der Waals surface area contributed by atoms with E-state index in [0.717, 1.165) is 6.07 Å². The standard InChI is InChI=1S/C12H11ClF2N2O/c1-7-9(13)5-16-17(7)6-11(18)8-3-2-4-10(14)12(8)15/h2-5,11,18H,6H2,1H3. The highest BCUT2D eigenvalue weighted by Crippen LogP contribution is 2.22. The van der Waals surface area contributed by atoms with Crippen molar-refractivity contribution in [3.63, 3.8) is 0 Å². The minimum atomic E-state index is -1.18. The summed E-state index contributed by atoms with van der Waals surface area (Å²) in [6.07, 6.45) is 0.251. The second-order valence-electron chi connectivity index (χ2n) is 3.92. The maximum Gasteiger partial charge on any atom is 0.164 e. The molecular weight excluding hydrogens is 262 g/mol. The molecule has 0 aliphatic carbocycles. The molecule has 18 heavy (non-hydrogen) atoms. The Balaban J connectivity index is 2.25. The molecule has 0 aliphatic heterocycles. The first kappa shape index (κ1) is 13.0. The second-order valence-corrected chi connectivity index (χ2v) is 4.33. The van der Waals surface area contributed by atoms with Crippen molar-refractivity contribution in [1.29, 1.82) is 0 Å². The highest BCUT2D eigenvalue weighted by molar-refractivity contribution is 6.31. The van der Waals surface area contributed by atoms with Gasteiger partial charge in [-0.2, -0.15) is 5.10 Å². The van der Waals surface area contributed by atoms with Gasteiger partial charge in [0.25, 0.3) is 0 Å². The van der Waals surface area contributed by atoms with Crippen LogP contribution in [0.4, 0.5) is 8.78 Å². The molecular formula is C12H11ClF2N2O. The maximum absolute atomic E-state index is 13.5. The maximum atomic E-state index is 13.5. The Morgan fingerprint density at radius 1 is 1.44 bits per heavy atom. The Labute approximate surface area is 108 Å². The summed E-state index contributed by atoms with van der Waals surface area (Å²) >= 11 is 5.82. The van der Waals surface area contributed by atoms with Crippen LogP contribution in [0.15, 0.2) is 24.4 Å². The molecule has 0 amide bonds. The molecule has 96 valence electrons. The van der Waals surface area contributed by atoms with E-state index in [2.05, 4.69) is 5.10 Å². The van der Waals surface area contributed by atoms with Gasteiger partial charge in [0.05, 0.1) is 23.5 Å². The van der Waals surface area contributed by atoms with Crippen LogP contribution >= 0.6 is 11.6 Å². The molecule has 0 spiro atoms. The van der Waals surface area contributed by atoms with Gasteiger partial charge in [-0.15, -0.1) is 0 Å². The Morgan fingerprint density at radius 2 is 2.17 bits per heavy atom. The smallest absolute Gasteiger partial charge is 0.164 e. The van der Waals surface area contributed by atoms with Gasteiger partial charge in [-0.25, -0.2) is 8.78 Å². The summed E-state index contributed by atoms with van der Waals surface area (Å²) in [7, 11) is 0. The first-order chi connectivity index (χ1) is 8.50. The summed E-state index contributed by atoms with van der Waals surface area (Å²) in [5.74, 6) is -2.03. The lowest BCUT2D eigenvalue weighted by Gasteiger charge is -2.13. The molecule has 0 saturated carbocycles. The van der Waals surface area contributed by atoms with E-state index in [1.165, 1.54) is 23.0 Å². The lowest BCUT2D eigenvalue weighted by atomic mass is 10.1. The van der Waals surface area contributed by atoms with E-state index >= 15 is 0 Å². The number of aliphatic hydroxyl groups is 1. The van der Waals surface area contributed by atoms with Crippen molar-refractivity contribution in [2.45, 2.75) is 19.6 Å². The zero-order valence-corrected chi connectivity index (χ0v) is 10.3. The van der Waals surface area contributed by atoms with Crippen molar-refractivity contribution >= 4 is 11.6 Å². The van der Waals surface area contributed by atoms with E-state index in [-0.39, 0.29) is 12.1 Å². The van der Waals surface area contributed by atoms with Crippen molar-refractivity contribution in [3.05, 3.63) is 52.3 Å². The van der Waals surface area contributed by atoms with Gasteiger partial charge in [0.15, 0.2) is 11.6 Å². The van der Waals surface area contributed by atoms with Gasteiger partial charge in [-0.05, 0) is 13.0 Å². The Kier molecular flexibility index (Phi) is 3.63. The van der Waals surface area contributed by atoms with Crippen LogP contribution in [0.5, 0.6) is 0 Å². The average Bonchev–Trinajstić information content (AvgIpc) is 2.64. The average molecular weight is 273 g/mol. The number of aliphatic hydroxyl groups excluding tert-OH is 1.